The Kier molecular flexibility index (Phi) is 8.26. The van der Waals surface area contributed by atoms with Gasteiger partial charge in [-0.15, -0.1) is 0 Å². The molecular formula is C25H23FN6S. The quantitative estimate of drug-likeness (QED) is 0.270. The SMILES string of the molecule is CN=CC(=C(N)c1ccc(F)cc1)c1ccc(=N)n(/C=C/C=C/SC(=N)c2ccccc2)n1. The first-order chi connectivity index (χ1) is 16.0. The van der Waals surface area contributed by atoms with Gasteiger partial charge in [0, 0.05) is 36.3 Å². The lowest BCUT2D eigenvalue weighted by molar-refractivity contribution is 0.627. The van der Waals surface area contributed by atoms with Crippen LogP contribution in [0, 0.1) is 16.6 Å². The third-order valence-corrected chi connectivity index (χ3v) is 5.24. The fraction of sp³-hybridized carbons (Fsp3) is 0.0400. The summed E-state index contributed by atoms with van der Waals surface area (Å²) >= 11 is 1.29. The van der Waals surface area contributed by atoms with Crippen molar-refractivity contribution >= 4 is 40.5 Å². The predicted octanol–water partition coefficient (Wildman–Crippen LogP) is 4.77. The van der Waals surface area contributed by atoms with E-state index in [-0.39, 0.29) is 11.3 Å². The van der Waals surface area contributed by atoms with Gasteiger partial charge in [0.1, 0.15) is 11.3 Å². The number of aliphatic imine (C=N–C) groups is 1. The fourth-order valence-electron chi connectivity index (χ4n) is 2.82. The standard InChI is InChI=1S/C25H23FN6S/c1-30-17-21(24(28)18-9-11-20(26)12-10-18)22-13-14-23(27)32(31-22)15-5-6-16-33-25(29)19-7-3-2-4-8-19/h2-17,27,29H,28H2,1H3/b15-5+,16-6+,24-21?,27-23?,29-25?,30-17?. The van der Waals surface area contributed by atoms with E-state index in [1.807, 2.05) is 30.3 Å². The van der Waals surface area contributed by atoms with Gasteiger partial charge in [-0.2, -0.15) is 5.10 Å². The number of rotatable bonds is 7. The summed E-state index contributed by atoms with van der Waals surface area (Å²) in [5.41, 5.74) is 9.49. The van der Waals surface area contributed by atoms with Crippen molar-refractivity contribution in [3.63, 3.8) is 0 Å². The van der Waals surface area contributed by atoms with E-state index in [1.165, 1.54) is 28.6 Å². The largest absolute Gasteiger partial charge is 0.398 e. The second-order valence-corrected chi connectivity index (χ2v) is 7.67. The number of nitrogens with two attached hydrogens (primary N) is 1. The van der Waals surface area contributed by atoms with Crippen LogP contribution in [0.2, 0.25) is 0 Å². The van der Waals surface area contributed by atoms with Crippen molar-refractivity contribution < 1.29 is 4.39 Å². The number of benzene rings is 2. The Morgan fingerprint density at radius 1 is 1.03 bits per heavy atom. The molecule has 6 nitrogen and oxygen atoms in total. The number of nitrogens with one attached hydrogen (secondary N) is 2. The van der Waals surface area contributed by atoms with Gasteiger partial charge in [-0.1, -0.05) is 48.2 Å². The maximum absolute atomic E-state index is 13.3. The van der Waals surface area contributed by atoms with Gasteiger partial charge in [-0.3, -0.25) is 15.8 Å². The summed E-state index contributed by atoms with van der Waals surface area (Å²) in [6.45, 7) is 0. The highest BCUT2D eigenvalue weighted by Gasteiger charge is 2.10. The smallest absolute Gasteiger partial charge is 0.146 e. The molecule has 0 radical (unpaired) electrons. The Morgan fingerprint density at radius 3 is 2.45 bits per heavy atom. The number of allylic oxidation sites excluding steroid dienone is 3. The summed E-state index contributed by atoms with van der Waals surface area (Å²) in [5.74, 6) is -0.345. The third-order valence-electron chi connectivity index (χ3n) is 4.48. The highest BCUT2D eigenvalue weighted by Crippen LogP contribution is 2.20. The average molecular weight is 459 g/mol. The number of hydrogen-bond acceptors (Lipinski definition) is 6. The molecule has 1 aromatic heterocycles. The van der Waals surface area contributed by atoms with Crippen LogP contribution in [-0.2, 0) is 0 Å². The number of hydrogen-bond donors (Lipinski definition) is 3. The molecule has 2 aromatic carbocycles. The predicted molar refractivity (Wildman–Crippen MR) is 135 cm³/mol. The second-order valence-electron chi connectivity index (χ2n) is 6.75. The molecule has 3 aromatic rings. The zero-order valence-electron chi connectivity index (χ0n) is 17.9. The Hall–Kier alpha value is -4.04. The van der Waals surface area contributed by atoms with Crippen molar-refractivity contribution in [3.05, 3.63) is 112 Å². The molecule has 0 atom stereocenters. The summed E-state index contributed by atoms with van der Waals surface area (Å²) in [6, 6.07) is 18.6. The molecule has 0 spiro atoms. The highest BCUT2D eigenvalue weighted by molar-refractivity contribution is 8.16. The Morgan fingerprint density at radius 2 is 1.76 bits per heavy atom. The minimum atomic E-state index is -0.345. The minimum Gasteiger partial charge on any atom is -0.398 e. The van der Waals surface area contributed by atoms with E-state index < -0.39 is 0 Å². The van der Waals surface area contributed by atoms with Crippen LogP contribution in [0.1, 0.15) is 16.8 Å². The molecule has 166 valence electrons. The summed E-state index contributed by atoms with van der Waals surface area (Å²) in [7, 11) is 1.63. The number of aromatic nitrogens is 2. The van der Waals surface area contributed by atoms with Crippen molar-refractivity contribution in [2.75, 3.05) is 7.05 Å². The van der Waals surface area contributed by atoms with E-state index in [2.05, 4.69) is 10.1 Å². The lowest BCUT2D eigenvalue weighted by Gasteiger charge is -2.09. The summed E-state index contributed by atoms with van der Waals surface area (Å²) in [5, 5.41) is 22.9. The topological polar surface area (TPSA) is 104 Å². The van der Waals surface area contributed by atoms with Crippen molar-refractivity contribution in [1.29, 1.82) is 10.8 Å². The zero-order valence-corrected chi connectivity index (χ0v) is 18.8. The molecule has 0 amide bonds. The van der Waals surface area contributed by atoms with Gasteiger partial charge >= 0.3 is 0 Å². The lowest BCUT2D eigenvalue weighted by atomic mass is 10.0. The van der Waals surface area contributed by atoms with Gasteiger partial charge in [0.05, 0.1) is 10.7 Å². The van der Waals surface area contributed by atoms with E-state index in [4.69, 9.17) is 16.6 Å². The minimum absolute atomic E-state index is 0.182. The van der Waals surface area contributed by atoms with Crippen LogP contribution in [0.5, 0.6) is 0 Å². The molecule has 33 heavy (non-hydrogen) atoms. The molecule has 0 aliphatic heterocycles. The zero-order chi connectivity index (χ0) is 23.6. The molecule has 0 unspecified atom stereocenters. The molecule has 0 aliphatic carbocycles. The maximum Gasteiger partial charge on any atom is 0.146 e. The second kappa shape index (κ2) is 11.5. The van der Waals surface area contributed by atoms with Gasteiger partial charge < -0.3 is 5.73 Å². The van der Waals surface area contributed by atoms with E-state index in [1.54, 1.807) is 61.3 Å². The van der Waals surface area contributed by atoms with Crippen LogP contribution in [0.25, 0.3) is 17.5 Å². The van der Waals surface area contributed by atoms with E-state index in [0.717, 1.165) is 5.56 Å². The van der Waals surface area contributed by atoms with Crippen LogP contribution in [-0.4, -0.2) is 28.1 Å². The van der Waals surface area contributed by atoms with Crippen LogP contribution in [0.3, 0.4) is 0 Å². The molecule has 8 heteroatoms. The Labute approximate surface area is 195 Å². The number of nitrogens with zero attached hydrogens (tertiary/aromatic N) is 3. The number of thioether (sulfide) groups is 1. The summed E-state index contributed by atoms with van der Waals surface area (Å²) in [4.78, 5) is 4.07. The van der Waals surface area contributed by atoms with Gasteiger partial charge in [0.25, 0.3) is 0 Å². The van der Waals surface area contributed by atoms with Crippen LogP contribution in [0.15, 0.2) is 89.3 Å². The van der Waals surface area contributed by atoms with Gasteiger partial charge in [-0.05, 0) is 53.4 Å². The first kappa shape index (κ1) is 23.6. The van der Waals surface area contributed by atoms with Crippen molar-refractivity contribution in [1.82, 2.24) is 9.78 Å². The van der Waals surface area contributed by atoms with Gasteiger partial charge in [0.2, 0.25) is 0 Å². The Balaban J connectivity index is 1.81. The van der Waals surface area contributed by atoms with Crippen LogP contribution in [0.4, 0.5) is 4.39 Å². The molecule has 0 saturated carbocycles. The first-order valence-electron chi connectivity index (χ1n) is 9.96. The lowest BCUT2D eigenvalue weighted by Crippen LogP contribution is -2.19. The monoisotopic (exact) mass is 458 g/mol. The first-order valence-corrected chi connectivity index (χ1v) is 10.8. The van der Waals surface area contributed by atoms with Crippen LogP contribution < -0.4 is 11.2 Å². The molecular weight excluding hydrogens is 435 g/mol. The van der Waals surface area contributed by atoms with Gasteiger partial charge in [0.15, 0.2) is 0 Å². The van der Waals surface area contributed by atoms with E-state index >= 15 is 0 Å². The molecule has 1 heterocycles. The molecule has 0 fully saturated rings. The van der Waals surface area contributed by atoms with Crippen molar-refractivity contribution in [3.8, 4) is 0 Å². The maximum atomic E-state index is 13.3. The van der Waals surface area contributed by atoms with Crippen LogP contribution >= 0.6 is 11.8 Å². The summed E-state index contributed by atoms with van der Waals surface area (Å²) in [6.07, 6.45) is 6.75. The summed E-state index contributed by atoms with van der Waals surface area (Å²) < 4.78 is 14.7. The fourth-order valence-corrected chi connectivity index (χ4v) is 3.40. The molecule has 3 rings (SSSR count). The van der Waals surface area contributed by atoms with Gasteiger partial charge in [-0.25, -0.2) is 9.07 Å². The third kappa shape index (κ3) is 6.47. The molecule has 0 saturated heterocycles. The highest BCUT2D eigenvalue weighted by atomic mass is 32.2. The van der Waals surface area contributed by atoms with Crippen molar-refractivity contribution in [2.24, 2.45) is 10.7 Å². The van der Waals surface area contributed by atoms with Crippen molar-refractivity contribution in [2.45, 2.75) is 0 Å². The number of halogens is 1. The molecule has 4 N–H and O–H groups in total. The normalized spacial score (nSPS) is 12.5. The molecule has 0 aliphatic rings. The van der Waals surface area contributed by atoms with E-state index in [9.17, 15) is 4.39 Å². The molecule has 0 bridgehead atoms. The van der Waals surface area contributed by atoms with E-state index in [0.29, 0.717) is 27.6 Å². The average Bonchev–Trinajstić information content (AvgIpc) is 2.84. The Bertz CT molecular complexity index is 1290.